The van der Waals surface area contributed by atoms with Gasteiger partial charge >= 0.3 is 11.9 Å². The van der Waals surface area contributed by atoms with Gasteiger partial charge < -0.3 is 9.47 Å². The first-order valence-electron chi connectivity index (χ1n) is 11.0. The van der Waals surface area contributed by atoms with Crippen molar-refractivity contribution in [3.8, 4) is 0 Å². The maximum absolute atomic E-state index is 12.4. The number of carbonyl (C=O) groups excluding carboxylic acids is 2. The first-order chi connectivity index (χ1) is 13.6. The molecular weight excluding hydrogens is 352 g/mol. The topological polar surface area (TPSA) is 52.6 Å². The van der Waals surface area contributed by atoms with E-state index in [9.17, 15) is 9.59 Å². The minimum atomic E-state index is -0.462. The zero-order chi connectivity index (χ0) is 20.6. The Kier molecular flexibility index (Phi) is 13.1. The standard InChI is InChI=1S/C24H38O4/c1-4-5-6-7-8-9-10-11-14-18-27-23(25)21-15-12-13-16-22(21)24(26)28-19-17-20(2)3/h12-13,15-16,20H,4-11,14,17-19H2,1-3H3. The number of hydrogen-bond acceptors (Lipinski definition) is 4. The lowest BCUT2D eigenvalue weighted by molar-refractivity contribution is 0.0445. The van der Waals surface area contributed by atoms with Gasteiger partial charge in [0.1, 0.15) is 0 Å². The molecule has 0 aliphatic heterocycles. The van der Waals surface area contributed by atoms with E-state index in [0.29, 0.717) is 19.1 Å². The fourth-order valence-corrected chi connectivity index (χ4v) is 2.96. The molecule has 1 aromatic rings. The third-order valence-corrected chi connectivity index (χ3v) is 4.78. The fraction of sp³-hybridized carbons (Fsp3) is 0.667. The highest BCUT2D eigenvalue weighted by molar-refractivity contribution is 6.03. The van der Waals surface area contributed by atoms with E-state index >= 15 is 0 Å². The highest BCUT2D eigenvalue weighted by atomic mass is 16.5. The van der Waals surface area contributed by atoms with E-state index in [2.05, 4.69) is 20.8 Å². The maximum atomic E-state index is 12.4. The molecule has 0 atom stereocenters. The predicted octanol–water partition coefficient (Wildman–Crippen LogP) is 6.58. The minimum absolute atomic E-state index is 0.281. The van der Waals surface area contributed by atoms with E-state index in [1.165, 1.54) is 44.9 Å². The fourth-order valence-electron chi connectivity index (χ4n) is 2.96. The molecular formula is C24H38O4. The molecule has 0 aliphatic carbocycles. The maximum Gasteiger partial charge on any atom is 0.339 e. The quantitative estimate of drug-likeness (QED) is 0.251. The summed E-state index contributed by atoms with van der Waals surface area (Å²) in [6.45, 7) is 7.14. The van der Waals surface area contributed by atoms with Gasteiger partial charge in [0.05, 0.1) is 24.3 Å². The van der Waals surface area contributed by atoms with Crippen LogP contribution in [-0.2, 0) is 9.47 Å². The zero-order valence-electron chi connectivity index (χ0n) is 18.0. The Bertz CT molecular complexity index is 565. The normalized spacial score (nSPS) is 10.9. The summed E-state index contributed by atoms with van der Waals surface area (Å²) in [6.07, 6.45) is 11.8. The Balaban J connectivity index is 2.30. The second kappa shape index (κ2) is 15.1. The van der Waals surface area contributed by atoms with Crippen molar-refractivity contribution in [3.05, 3.63) is 35.4 Å². The molecule has 0 aliphatic rings. The van der Waals surface area contributed by atoms with E-state index in [-0.39, 0.29) is 11.1 Å². The van der Waals surface area contributed by atoms with Crippen LogP contribution in [0.1, 0.15) is 106 Å². The largest absolute Gasteiger partial charge is 0.462 e. The van der Waals surface area contributed by atoms with Crippen LogP contribution in [0.4, 0.5) is 0 Å². The van der Waals surface area contributed by atoms with Crippen LogP contribution < -0.4 is 0 Å². The molecule has 4 nitrogen and oxygen atoms in total. The zero-order valence-corrected chi connectivity index (χ0v) is 18.0. The molecule has 0 fully saturated rings. The van der Waals surface area contributed by atoms with Crippen molar-refractivity contribution in [2.45, 2.75) is 85.0 Å². The molecule has 0 saturated carbocycles. The highest BCUT2D eigenvalue weighted by Crippen LogP contribution is 2.14. The monoisotopic (exact) mass is 390 g/mol. The summed E-state index contributed by atoms with van der Waals surface area (Å²) >= 11 is 0. The van der Waals surface area contributed by atoms with Crippen LogP contribution in [0.5, 0.6) is 0 Å². The van der Waals surface area contributed by atoms with E-state index in [1.807, 2.05) is 0 Å². The van der Waals surface area contributed by atoms with E-state index in [4.69, 9.17) is 9.47 Å². The number of hydrogen-bond donors (Lipinski definition) is 0. The summed E-state index contributed by atoms with van der Waals surface area (Å²) in [6, 6.07) is 6.71. The van der Waals surface area contributed by atoms with Crippen LogP contribution in [0.25, 0.3) is 0 Å². The SMILES string of the molecule is CCCCCCCCCCCOC(=O)c1ccccc1C(=O)OCCC(C)C. The molecule has 0 spiro atoms. The summed E-state index contributed by atoms with van der Waals surface area (Å²) in [7, 11) is 0. The molecule has 0 amide bonds. The molecule has 0 saturated heterocycles. The van der Waals surface area contributed by atoms with Gasteiger partial charge in [-0.15, -0.1) is 0 Å². The van der Waals surface area contributed by atoms with Crippen molar-refractivity contribution >= 4 is 11.9 Å². The average molecular weight is 391 g/mol. The molecule has 0 aromatic heterocycles. The highest BCUT2D eigenvalue weighted by Gasteiger charge is 2.18. The molecule has 0 bridgehead atoms. The summed E-state index contributed by atoms with van der Waals surface area (Å²) in [5.74, 6) is -0.448. The van der Waals surface area contributed by atoms with Gasteiger partial charge in [-0.1, -0.05) is 84.3 Å². The van der Waals surface area contributed by atoms with Crippen molar-refractivity contribution in [2.75, 3.05) is 13.2 Å². The summed E-state index contributed by atoms with van der Waals surface area (Å²) < 4.78 is 10.7. The third kappa shape index (κ3) is 10.5. The van der Waals surface area contributed by atoms with Gasteiger partial charge in [0.2, 0.25) is 0 Å². The lowest BCUT2D eigenvalue weighted by Crippen LogP contribution is -2.15. The predicted molar refractivity (Wildman–Crippen MR) is 114 cm³/mol. The van der Waals surface area contributed by atoms with Crippen molar-refractivity contribution in [1.29, 1.82) is 0 Å². The molecule has 4 heteroatoms. The van der Waals surface area contributed by atoms with Crippen LogP contribution in [0, 0.1) is 5.92 Å². The Labute approximate surface area is 171 Å². The van der Waals surface area contributed by atoms with Crippen LogP contribution >= 0.6 is 0 Å². The minimum Gasteiger partial charge on any atom is -0.462 e. The van der Waals surface area contributed by atoms with Crippen LogP contribution in [0.2, 0.25) is 0 Å². The number of esters is 2. The number of ether oxygens (including phenoxy) is 2. The van der Waals surface area contributed by atoms with Gasteiger partial charge in [-0.05, 0) is 30.9 Å². The van der Waals surface area contributed by atoms with Crippen molar-refractivity contribution in [3.63, 3.8) is 0 Å². The van der Waals surface area contributed by atoms with E-state index < -0.39 is 11.9 Å². The van der Waals surface area contributed by atoms with E-state index in [1.54, 1.807) is 24.3 Å². The molecule has 1 rings (SSSR count). The molecule has 158 valence electrons. The number of rotatable bonds is 15. The van der Waals surface area contributed by atoms with Crippen LogP contribution in [0.15, 0.2) is 24.3 Å². The Morgan fingerprint density at radius 2 is 1.21 bits per heavy atom. The van der Waals surface area contributed by atoms with Gasteiger partial charge in [0.15, 0.2) is 0 Å². The average Bonchev–Trinajstić information content (AvgIpc) is 2.69. The molecule has 1 aromatic carbocycles. The number of benzene rings is 1. The van der Waals surface area contributed by atoms with Gasteiger partial charge in [-0.3, -0.25) is 0 Å². The van der Waals surface area contributed by atoms with Crippen molar-refractivity contribution in [1.82, 2.24) is 0 Å². The van der Waals surface area contributed by atoms with Crippen LogP contribution in [-0.4, -0.2) is 25.2 Å². The Morgan fingerprint density at radius 1 is 0.750 bits per heavy atom. The molecule has 28 heavy (non-hydrogen) atoms. The van der Waals surface area contributed by atoms with Crippen LogP contribution in [0.3, 0.4) is 0 Å². The van der Waals surface area contributed by atoms with Gasteiger partial charge in [0, 0.05) is 0 Å². The van der Waals surface area contributed by atoms with Gasteiger partial charge in [0.25, 0.3) is 0 Å². The van der Waals surface area contributed by atoms with E-state index in [0.717, 1.165) is 19.3 Å². The summed E-state index contributed by atoms with van der Waals surface area (Å²) in [5.41, 5.74) is 0.566. The molecule has 0 heterocycles. The Hall–Kier alpha value is -1.84. The first-order valence-corrected chi connectivity index (χ1v) is 11.0. The number of unbranched alkanes of at least 4 members (excludes halogenated alkanes) is 8. The van der Waals surface area contributed by atoms with Crippen molar-refractivity contribution in [2.24, 2.45) is 5.92 Å². The lowest BCUT2D eigenvalue weighted by Gasteiger charge is -2.10. The first kappa shape index (κ1) is 24.2. The molecule has 0 unspecified atom stereocenters. The van der Waals surface area contributed by atoms with Crippen molar-refractivity contribution < 1.29 is 19.1 Å². The summed E-state index contributed by atoms with van der Waals surface area (Å²) in [5, 5.41) is 0. The second-order valence-electron chi connectivity index (χ2n) is 7.83. The van der Waals surface area contributed by atoms with Gasteiger partial charge in [-0.2, -0.15) is 0 Å². The number of carbonyl (C=O) groups is 2. The molecule has 0 N–H and O–H groups in total. The third-order valence-electron chi connectivity index (χ3n) is 4.78. The second-order valence-corrected chi connectivity index (χ2v) is 7.83. The summed E-state index contributed by atoms with van der Waals surface area (Å²) in [4.78, 5) is 24.6. The lowest BCUT2D eigenvalue weighted by atomic mass is 10.1. The Morgan fingerprint density at radius 3 is 1.71 bits per heavy atom. The molecule has 0 radical (unpaired) electrons. The smallest absolute Gasteiger partial charge is 0.339 e. The van der Waals surface area contributed by atoms with Gasteiger partial charge in [-0.25, -0.2) is 9.59 Å².